The van der Waals surface area contributed by atoms with E-state index in [9.17, 15) is 9.90 Å². The molecular weight excluding hydrogens is 242 g/mol. The number of hydrogen-bond acceptors (Lipinski definition) is 3. The van der Waals surface area contributed by atoms with Gasteiger partial charge >= 0.3 is 0 Å². The van der Waals surface area contributed by atoms with Gasteiger partial charge in [-0.05, 0) is 31.0 Å². The molecule has 1 heterocycles. The van der Waals surface area contributed by atoms with E-state index in [2.05, 4.69) is 0 Å². The van der Waals surface area contributed by atoms with Crippen molar-refractivity contribution in [2.24, 2.45) is 0 Å². The Morgan fingerprint density at radius 1 is 1.32 bits per heavy atom. The van der Waals surface area contributed by atoms with Gasteiger partial charge in [0, 0.05) is 0 Å². The Labute approximate surface area is 114 Å². The number of β-amino-alcohol motifs (C(OH)–C–C–N with tert-alkyl or cyclic N) is 1. The van der Waals surface area contributed by atoms with Gasteiger partial charge in [0.25, 0.3) is 0 Å². The van der Waals surface area contributed by atoms with E-state index in [4.69, 9.17) is 4.74 Å². The number of carbonyl (C=O) groups is 1. The number of nitrogens with zero attached hydrogens (tertiary/aromatic N) is 1. The zero-order valence-electron chi connectivity index (χ0n) is 11.6. The van der Waals surface area contributed by atoms with Crippen molar-refractivity contribution in [2.75, 3.05) is 19.7 Å². The molecule has 0 radical (unpaired) electrons. The summed E-state index contributed by atoms with van der Waals surface area (Å²) < 4.78 is 5.36. The zero-order chi connectivity index (χ0) is 13.9. The van der Waals surface area contributed by atoms with Crippen LogP contribution in [0, 0.1) is 0 Å². The van der Waals surface area contributed by atoms with Gasteiger partial charge in [-0.1, -0.05) is 19.1 Å². The highest BCUT2D eigenvalue weighted by Crippen LogP contribution is 2.24. The Morgan fingerprint density at radius 2 is 1.95 bits per heavy atom. The molecule has 19 heavy (non-hydrogen) atoms. The molecule has 1 N–H and O–H groups in total. The van der Waals surface area contributed by atoms with Crippen LogP contribution in [0.5, 0.6) is 5.75 Å². The Morgan fingerprint density at radius 3 is 2.47 bits per heavy atom. The minimum atomic E-state index is -0.658. The normalized spacial score (nSPS) is 16.9. The summed E-state index contributed by atoms with van der Waals surface area (Å²) >= 11 is 0. The van der Waals surface area contributed by atoms with E-state index < -0.39 is 5.60 Å². The molecule has 0 unspecified atom stereocenters. The third-order valence-corrected chi connectivity index (χ3v) is 3.57. The Bertz CT molecular complexity index is 435. The summed E-state index contributed by atoms with van der Waals surface area (Å²) in [6.45, 7) is 5.44. The molecule has 1 aliphatic heterocycles. The molecular formula is C15H21NO3. The van der Waals surface area contributed by atoms with Crippen LogP contribution in [0.15, 0.2) is 24.3 Å². The van der Waals surface area contributed by atoms with Gasteiger partial charge in [0.2, 0.25) is 5.91 Å². The van der Waals surface area contributed by atoms with Crippen molar-refractivity contribution in [3.05, 3.63) is 29.8 Å². The molecule has 0 bridgehead atoms. The number of rotatable bonds is 5. The van der Waals surface area contributed by atoms with E-state index in [0.717, 1.165) is 11.3 Å². The van der Waals surface area contributed by atoms with Crippen LogP contribution in [0.4, 0.5) is 0 Å². The van der Waals surface area contributed by atoms with Crippen molar-refractivity contribution in [1.29, 1.82) is 0 Å². The van der Waals surface area contributed by atoms with Gasteiger partial charge < -0.3 is 14.7 Å². The fourth-order valence-corrected chi connectivity index (χ4v) is 2.22. The number of amides is 1. The number of ether oxygens (including phenoxy) is 1. The number of aliphatic hydroxyl groups is 1. The SMILES string of the molecule is CCOc1ccc(CC(=O)N2CC(O)(CC)C2)cc1. The van der Waals surface area contributed by atoms with Gasteiger partial charge in [0.1, 0.15) is 5.75 Å². The van der Waals surface area contributed by atoms with E-state index in [1.807, 2.05) is 38.1 Å². The van der Waals surface area contributed by atoms with Crippen molar-refractivity contribution in [3.63, 3.8) is 0 Å². The van der Waals surface area contributed by atoms with Crippen LogP contribution in [-0.4, -0.2) is 41.2 Å². The third-order valence-electron chi connectivity index (χ3n) is 3.57. The minimum absolute atomic E-state index is 0.0716. The van der Waals surface area contributed by atoms with Crippen LogP contribution < -0.4 is 4.74 Å². The molecule has 1 aliphatic rings. The summed E-state index contributed by atoms with van der Waals surface area (Å²) in [5.74, 6) is 0.894. The molecule has 0 atom stereocenters. The van der Waals surface area contributed by atoms with Crippen LogP contribution in [0.3, 0.4) is 0 Å². The fourth-order valence-electron chi connectivity index (χ4n) is 2.22. The average molecular weight is 263 g/mol. The molecule has 4 heteroatoms. The second-order valence-electron chi connectivity index (χ2n) is 5.08. The number of benzene rings is 1. The predicted molar refractivity (Wildman–Crippen MR) is 73.1 cm³/mol. The first-order valence-electron chi connectivity index (χ1n) is 6.78. The van der Waals surface area contributed by atoms with Crippen LogP contribution in [0.2, 0.25) is 0 Å². The molecule has 1 aromatic rings. The van der Waals surface area contributed by atoms with Crippen molar-refractivity contribution in [2.45, 2.75) is 32.3 Å². The first-order valence-corrected chi connectivity index (χ1v) is 6.78. The molecule has 1 saturated heterocycles. The molecule has 0 spiro atoms. The standard InChI is InChI=1S/C15H21NO3/c1-3-15(18)10-16(11-15)14(17)9-12-5-7-13(8-6-12)19-4-2/h5-8,18H,3-4,9-11H2,1-2H3. The summed E-state index contributed by atoms with van der Waals surface area (Å²) in [4.78, 5) is 13.7. The smallest absolute Gasteiger partial charge is 0.227 e. The Hall–Kier alpha value is -1.55. The van der Waals surface area contributed by atoms with E-state index in [-0.39, 0.29) is 5.91 Å². The van der Waals surface area contributed by atoms with Gasteiger partial charge in [0.15, 0.2) is 0 Å². The first-order chi connectivity index (χ1) is 9.06. The lowest BCUT2D eigenvalue weighted by Crippen LogP contribution is -2.63. The number of hydrogen-bond donors (Lipinski definition) is 1. The second-order valence-corrected chi connectivity index (χ2v) is 5.08. The zero-order valence-corrected chi connectivity index (χ0v) is 11.6. The quantitative estimate of drug-likeness (QED) is 0.878. The highest BCUT2D eigenvalue weighted by atomic mass is 16.5. The molecule has 0 aliphatic carbocycles. The molecule has 0 saturated carbocycles. The molecule has 0 aromatic heterocycles. The largest absolute Gasteiger partial charge is 0.494 e. The second kappa shape index (κ2) is 5.61. The first kappa shape index (κ1) is 13.9. The van der Waals surface area contributed by atoms with Gasteiger partial charge in [-0.2, -0.15) is 0 Å². The van der Waals surface area contributed by atoms with Crippen LogP contribution >= 0.6 is 0 Å². The molecule has 4 nitrogen and oxygen atoms in total. The van der Waals surface area contributed by atoms with Crippen LogP contribution in [-0.2, 0) is 11.2 Å². The van der Waals surface area contributed by atoms with Gasteiger partial charge in [-0.15, -0.1) is 0 Å². The maximum absolute atomic E-state index is 12.0. The van der Waals surface area contributed by atoms with Crippen molar-refractivity contribution >= 4 is 5.91 Å². The molecule has 1 aromatic carbocycles. The van der Waals surface area contributed by atoms with E-state index in [0.29, 0.717) is 32.5 Å². The maximum Gasteiger partial charge on any atom is 0.227 e. The fraction of sp³-hybridized carbons (Fsp3) is 0.533. The predicted octanol–water partition coefficient (Wildman–Crippen LogP) is 1.61. The average Bonchev–Trinajstić information content (AvgIpc) is 2.37. The lowest BCUT2D eigenvalue weighted by atomic mass is 9.91. The van der Waals surface area contributed by atoms with Crippen molar-refractivity contribution in [1.82, 2.24) is 4.90 Å². The van der Waals surface area contributed by atoms with Crippen LogP contribution in [0.1, 0.15) is 25.8 Å². The Kier molecular flexibility index (Phi) is 4.10. The van der Waals surface area contributed by atoms with Gasteiger partial charge in [-0.3, -0.25) is 4.79 Å². The lowest BCUT2D eigenvalue weighted by molar-refractivity contribution is -0.155. The lowest BCUT2D eigenvalue weighted by Gasteiger charge is -2.46. The highest BCUT2D eigenvalue weighted by molar-refractivity contribution is 5.80. The van der Waals surface area contributed by atoms with E-state index >= 15 is 0 Å². The number of likely N-dealkylation sites (tertiary alicyclic amines) is 1. The summed E-state index contributed by atoms with van der Waals surface area (Å²) in [7, 11) is 0. The van der Waals surface area contributed by atoms with Crippen LogP contribution in [0.25, 0.3) is 0 Å². The van der Waals surface area contributed by atoms with E-state index in [1.54, 1.807) is 4.90 Å². The molecule has 1 fully saturated rings. The summed E-state index contributed by atoms with van der Waals surface area (Å²) in [6, 6.07) is 7.58. The topological polar surface area (TPSA) is 49.8 Å². The summed E-state index contributed by atoms with van der Waals surface area (Å²) in [6.07, 6.45) is 1.08. The molecule has 1 amide bonds. The van der Waals surface area contributed by atoms with Crippen molar-refractivity contribution < 1.29 is 14.6 Å². The number of carbonyl (C=O) groups excluding carboxylic acids is 1. The highest BCUT2D eigenvalue weighted by Gasteiger charge is 2.41. The monoisotopic (exact) mass is 263 g/mol. The van der Waals surface area contributed by atoms with Gasteiger partial charge in [0.05, 0.1) is 31.7 Å². The van der Waals surface area contributed by atoms with E-state index in [1.165, 1.54) is 0 Å². The molecule has 104 valence electrons. The summed E-state index contributed by atoms with van der Waals surface area (Å²) in [5, 5.41) is 9.89. The van der Waals surface area contributed by atoms with Crippen molar-refractivity contribution in [3.8, 4) is 5.75 Å². The third kappa shape index (κ3) is 3.26. The minimum Gasteiger partial charge on any atom is -0.494 e. The maximum atomic E-state index is 12.0. The Balaban J connectivity index is 1.86. The molecule has 2 rings (SSSR count). The van der Waals surface area contributed by atoms with Gasteiger partial charge in [-0.25, -0.2) is 0 Å². The summed E-state index contributed by atoms with van der Waals surface area (Å²) in [5.41, 5.74) is 0.314.